The van der Waals surface area contributed by atoms with Gasteiger partial charge in [0.25, 0.3) is 17.7 Å². The van der Waals surface area contributed by atoms with Crippen molar-refractivity contribution in [2.75, 3.05) is 67.2 Å². The van der Waals surface area contributed by atoms with Crippen molar-refractivity contribution in [1.82, 2.24) is 30.9 Å². The van der Waals surface area contributed by atoms with Crippen LogP contribution in [0.25, 0.3) is 0 Å². The number of anilines is 3. The second-order valence-corrected chi connectivity index (χ2v) is 26.3. The molecule has 3 saturated heterocycles. The number of aliphatic carboxylic acids is 3. The number of pyridine rings is 3. The summed E-state index contributed by atoms with van der Waals surface area (Å²) in [4.78, 5) is 91.8. The zero-order valence-corrected chi connectivity index (χ0v) is 53.6. The third kappa shape index (κ3) is 22.9. The van der Waals surface area contributed by atoms with Crippen LogP contribution in [0.15, 0.2) is 66.9 Å². The molecule has 6 N–H and O–H groups in total. The van der Waals surface area contributed by atoms with Crippen molar-refractivity contribution in [2.24, 2.45) is 23.7 Å². The topological polar surface area (TPSA) is 266 Å². The molecule has 6 heterocycles. The minimum atomic E-state index is -0.788. The largest absolute Gasteiger partial charge is 0.481 e. The molecule has 0 unspecified atom stereocenters. The number of hydrogen-bond donors (Lipinski definition) is 6. The van der Waals surface area contributed by atoms with Crippen LogP contribution < -0.4 is 40.1 Å². The second-order valence-electron chi connectivity index (χ2n) is 26.3. The summed E-state index contributed by atoms with van der Waals surface area (Å²) in [5.41, 5.74) is 2.41. The smallest absolute Gasteiger partial charge is 0.303 e. The fourth-order valence-corrected chi connectivity index (χ4v) is 13.4. The number of benzene rings is 1. The molecule has 10 rings (SSSR count). The van der Waals surface area contributed by atoms with Gasteiger partial charge in [-0.25, -0.2) is 9.37 Å². The van der Waals surface area contributed by atoms with Crippen LogP contribution in [0.5, 0.6) is 11.8 Å². The fourth-order valence-electron chi connectivity index (χ4n) is 13.4. The predicted molar refractivity (Wildman–Crippen MR) is 348 cm³/mol. The first-order valence-corrected chi connectivity index (χ1v) is 33.8. The van der Waals surface area contributed by atoms with Gasteiger partial charge in [0.15, 0.2) is 0 Å². The highest BCUT2D eigenvalue weighted by atomic mass is 19.1. The van der Waals surface area contributed by atoms with Crippen LogP contribution in [0.1, 0.15) is 211 Å². The normalized spacial score (nSPS) is 20.0. The van der Waals surface area contributed by atoms with Gasteiger partial charge in [-0.1, -0.05) is 83.8 Å². The van der Waals surface area contributed by atoms with Gasteiger partial charge < -0.3 is 55.4 Å². The van der Waals surface area contributed by atoms with Crippen molar-refractivity contribution in [3.63, 3.8) is 0 Å². The Morgan fingerprint density at radius 2 is 0.890 bits per heavy atom. The number of carbonyl (C=O) groups is 6. The van der Waals surface area contributed by atoms with Crippen LogP contribution in [0.2, 0.25) is 0 Å². The van der Waals surface area contributed by atoms with Crippen molar-refractivity contribution < 1.29 is 58.0 Å². The Morgan fingerprint density at radius 3 is 1.29 bits per heavy atom. The van der Waals surface area contributed by atoms with Crippen LogP contribution in [-0.4, -0.2) is 137 Å². The van der Waals surface area contributed by atoms with Gasteiger partial charge in [-0.3, -0.25) is 28.8 Å². The van der Waals surface area contributed by atoms with Crippen molar-refractivity contribution in [2.45, 2.75) is 199 Å². The molecular weight excluding hydrogens is 1160 g/mol. The van der Waals surface area contributed by atoms with E-state index < -0.39 is 17.9 Å². The average Bonchev–Trinajstić information content (AvgIpc) is 2.20. The van der Waals surface area contributed by atoms with Crippen molar-refractivity contribution >= 4 is 53.1 Å². The Morgan fingerprint density at radius 1 is 0.495 bits per heavy atom. The molecule has 1 aromatic carbocycles. The van der Waals surface area contributed by atoms with Gasteiger partial charge in [0.2, 0.25) is 11.8 Å². The number of nitrogens with zero attached hydrogens (tertiary/aromatic N) is 6. The lowest BCUT2D eigenvalue weighted by molar-refractivity contribution is -0.139. The number of piperidine rings is 3. The number of halogens is 1. The Labute approximate surface area is 536 Å². The zero-order chi connectivity index (χ0) is 64.5. The Balaban J connectivity index is 0.000000178. The highest BCUT2D eigenvalue weighted by Crippen LogP contribution is 2.31. The van der Waals surface area contributed by atoms with Crippen molar-refractivity contribution in [3.8, 4) is 11.8 Å². The molecule has 6 fully saturated rings. The first kappa shape index (κ1) is 69.3. The van der Waals surface area contributed by atoms with E-state index in [4.69, 9.17) is 29.7 Å². The van der Waals surface area contributed by atoms with Crippen LogP contribution in [0, 0.1) is 29.5 Å². The summed E-state index contributed by atoms with van der Waals surface area (Å²) in [5, 5.41) is 36.7. The molecule has 3 atom stereocenters. The van der Waals surface area contributed by atoms with E-state index in [9.17, 15) is 38.3 Å². The molecule has 3 aliphatic heterocycles. The first-order valence-electron chi connectivity index (χ1n) is 33.8. The minimum absolute atomic E-state index is 0.0478. The molecule has 3 aromatic heterocycles. The highest BCUT2D eigenvalue weighted by Gasteiger charge is 2.29. The number of nitrogens with one attached hydrogen (secondary N) is 3. The summed E-state index contributed by atoms with van der Waals surface area (Å²) in [6.45, 7) is 9.59. The highest BCUT2D eigenvalue weighted by molar-refractivity contribution is 5.97. The number of carbonyl (C=O) groups excluding carboxylic acids is 3. The number of rotatable bonds is 23. The van der Waals surface area contributed by atoms with E-state index in [1.165, 1.54) is 44.2 Å². The van der Waals surface area contributed by atoms with E-state index in [0.717, 1.165) is 146 Å². The average molecular weight is 1260 g/mol. The fraction of sp³-hybridized carbons (Fsp3) is 0.614. The SMILES string of the molecule is CC(C)CCOc1nc(N2CCC[C@@H](CC(=O)O)C2)ccc1C(=O)NC1CCCCC1.O=C(O)C[C@@H]1CCCN(c2ccc(C(=O)NC3CCCCC3)c(OCCc3ccc(F)cc3)n2)C1.O=C(O)C[C@@H]1CCCN(c2ccc(C(=O)NC3CCCCC3)cn2)C1. The number of hydrogen-bond acceptors (Lipinski definition) is 14. The summed E-state index contributed by atoms with van der Waals surface area (Å²) in [6.07, 6.45) is 26.0. The van der Waals surface area contributed by atoms with E-state index in [1.807, 2.05) is 30.3 Å². The maximum atomic E-state index is 13.2. The summed E-state index contributed by atoms with van der Waals surface area (Å²) >= 11 is 0. The van der Waals surface area contributed by atoms with E-state index in [2.05, 4.69) is 49.5 Å². The first-order chi connectivity index (χ1) is 44.0. The van der Waals surface area contributed by atoms with E-state index in [-0.39, 0.29) is 78.5 Å². The number of amides is 3. The number of carboxylic acid groups (broad SMARTS) is 3. The second kappa shape index (κ2) is 35.9. The molecule has 496 valence electrons. The Bertz CT molecular complexity index is 2970. The number of carboxylic acids is 3. The predicted octanol–water partition coefficient (Wildman–Crippen LogP) is 11.7. The third-order valence-electron chi connectivity index (χ3n) is 18.4. The monoisotopic (exact) mass is 1260 g/mol. The molecule has 0 spiro atoms. The van der Waals surface area contributed by atoms with Gasteiger partial charge >= 0.3 is 17.9 Å². The van der Waals surface area contributed by atoms with Gasteiger partial charge in [0.05, 0.1) is 18.8 Å². The summed E-state index contributed by atoms with van der Waals surface area (Å²) < 4.78 is 25.2. The maximum Gasteiger partial charge on any atom is 0.303 e. The standard InChI is InChI=1S/C27H34FN3O4.C24H37N3O4.C19H27N3O3/c28-21-10-8-19(9-11-21)14-16-35-27-23(26(34)29-22-6-2-1-3-7-22)12-13-24(30-27)31-15-4-5-20(18-31)17-25(32)33;1-17(2)12-14-31-24-20(23(30)25-19-8-4-3-5-9-19)10-11-21(26-24)27-13-6-7-18(16-27)15-22(28)29;23-18(24)11-14-5-4-10-22(13-14)17-9-8-15(12-20-17)19(25)21-16-6-2-1-3-7-16/h8-13,20,22H,1-7,14-18H2,(H,29,34)(H,32,33);10-11,17-19H,3-9,12-16H2,1-2H3,(H,25,30)(H,28,29);8-9,12,14,16H,1-7,10-11,13H2,(H,21,25)(H,23,24)/t20-;18-;14-/m000/s1. The molecule has 20 nitrogen and oxygen atoms in total. The third-order valence-corrected chi connectivity index (χ3v) is 18.4. The molecule has 3 aliphatic carbocycles. The molecule has 3 amide bonds. The Kier molecular flexibility index (Phi) is 27.3. The lowest BCUT2D eigenvalue weighted by atomic mass is 9.95. The molecular formula is C70H98FN9O11. The maximum absolute atomic E-state index is 13.2. The van der Waals surface area contributed by atoms with Crippen LogP contribution in [0.4, 0.5) is 21.8 Å². The molecule has 0 radical (unpaired) electrons. The molecule has 3 saturated carbocycles. The summed E-state index contributed by atoms with van der Waals surface area (Å²) in [6, 6.07) is 17.9. The van der Waals surface area contributed by atoms with Gasteiger partial charge in [-0.2, -0.15) is 9.97 Å². The van der Waals surface area contributed by atoms with E-state index in [0.29, 0.717) is 79.6 Å². The van der Waals surface area contributed by atoms with Gasteiger partial charge in [0.1, 0.15) is 34.4 Å². The minimum Gasteiger partial charge on any atom is -0.481 e. The quantitative estimate of drug-likeness (QED) is 0.0403. The summed E-state index contributed by atoms with van der Waals surface area (Å²) in [7, 11) is 0. The molecule has 6 aliphatic rings. The van der Waals surface area contributed by atoms with Gasteiger partial charge in [-0.05, 0) is 161 Å². The van der Waals surface area contributed by atoms with Crippen LogP contribution in [0.3, 0.4) is 0 Å². The van der Waals surface area contributed by atoms with Crippen molar-refractivity contribution in [1.29, 1.82) is 0 Å². The molecule has 91 heavy (non-hydrogen) atoms. The molecule has 21 heteroatoms. The van der Waals surface area contributed by atoms with Crippen LogP contribution in [-0.2, 0) is 20.8 Å². The number of ether oxygens (including phenoxy) is 2. The lowest BCUT2D eigenvalue weighted by Crippen LogP contribution is -2.38. The van der Waals surface area contributed by atoms with Gasteiger partial charge in [-0.15, -0.1) is 0 Å². The van der Waals surface area contributed by atoms with E-state index in [1.54, 1.807) is 24.4 Å². The summed E-state index contributed by atoms with van der Waals surface area (Å²) in [5.74, 6) is 0.858. The van der Waals surface area contributed by atoms with Crippen LogP contribution >= 0.6 is 0 Å². The molecule has 0 bridgehead atoms. The lowest BCUT2D eigenvalue weighted by Gasteiger charge is -2.33. The Hall–Kier alpha value is -7.58. The van der Waals surface area contributed by atoms with Crippen molar-refractivity contribution in [3.05, 3.63) is 94.9 Å². The van der Waals surface area contributed by atoms with Gasteiger partial charge in [0, 0.05) is 89.3 Å². The number of aromatic nitrogens is 3. The molecule has 4 aromatic rings. The zero-order valence-electron chi connectivity index (χ0n) is 53.6. The van der Waals surface area contributed by atoms with E-state index >= 15 is 0 Å².